The summed E-state index contributed by atoms with van der Waals surface area (Å²) in [6.45, 7) is 34.6. The highest BCUT2D eigenvalue weighted by Crippen LogP contribution is 2.66. The molecule has 1 aromatic heterocycles. The molecule has 0 amide bonds. The topological polar surface area (TPSA) is 9.72 Å². The maximum atomic E-state index is 2.98. The fourth-order valence-electron chi connectivity index (χ4n) is 15.1. The SMILES string of the molecule is Cc1cc(C)c2c3c1B1c4sc5ccccc5c4N(c4c(C)cc(C(C)(C)C)cc4C)c4cc(N5c6ccc(C(C)(C)C)cc6C6(C)CCCCC56C)cc(c41)N3C1(C)CCCCC21C. The van der Waals surface area contributed by atoms with Crippen LogP contribution in [0, 0.1) is 27.7 Å². The minimum absolute atomic E-state index is 0.0272. The lowest BCUT2D eigenvalue weighted by atomic mass is 9.35. The first-order valence-corrected chi connectivity index (χ1v) is 26.0. The van der Waals surface area contributed by atoms with Gasteiger partial charge in [0.25, 0.3) is 6.71 Å². The number of fused-ring (bicyclic) bond motifs is 12. The molecular formula is C60H70BN3S. The molecule has 5 heteroatoms. The van der Waals surface area contributed by atoms with Crippen molar-refractivity contribution in [1.29, 1.82) is 0 Å². The van der Waals surface area contributed by atoms with Crippen LogP contribution in [0.5, 0.6) is 0 Å². The molecule has 12 rings (SSSR count). The van der Waals surface area contributed by atoms with Gasteiger partial charge >= 0.3 is 0 Å². The number of nitrogens with zero attached hydrogens (tertiary/aromatic N) is 3. The van der Waals surface area contributed by atoms with Crippen molar-refractivity contribution in [2.75, 3.05) is 14.7 Å². The molecule has 4 aliphatic heterocycles. The van der Waals surface area contributed by atoms with Gasteiger partial charge in [-0.25, -0.2) is 0 Å². The van der Waals surface area contributed by atoms with Gasteiger partial charge < -0.3 is 14.7 Å². The van der Waals surface area contributed by atoms with Crippen molar-refractivity contribution in [3.05, 3.63) is 117 Å². The van der Waals surface area contributed by atoms with E-state index in [9.17, 15) is 0 Å². The Kier molecular flexibility index (Phi) is 8.48. The van der Waals surface area contributed by atoms with Crippen molar-refractivity contribution < 1.29 is 0 Å². The molecule has 0 bridgehead atoms. The lowest BCUT2D eigenvalue weighted by molar-refractivity contribution is 0.193. The van der Waals surface area contributed by atoms with E-state index >= 15 is 0 Å². The maximum Gasteiger partial charge on any atom is 0.264 e. The molecule has 0 radical (unpaired) electrons. The van der Waals surface area contributed by atoms with Crippen LogP contribution in [0.1, 0.15) is 165 Å². The summed E-state index contributed by atoms with van der Waals surface area (Å²) < 4.78 is 2.88. The molecule has 5 aromatic carbocycles. The number of benzene rings is 5. The van der Waals surface area contributed by atoms with Crippen LogP contribution in [0.25, 0.3) is 10.1 Å². The second-order valence-corrected chi connectivity index (χ2v) is 25.7. The average molecular weight is 876 g/mol. The van der Waals surface area contributed by atoms with E-state index < -0.39 is 0 Å². The summed E-state index contributed by atoms with van der Waals surface area (Å²) in [5, 5.41) is 1.37. The van der Waals surface area contributed by atoms with Gasteiger partial charge in [-0.05, 0) is 152 Å². The number of rotatable bonds is 2. The summed E-state index contributed by atoms with van der Waals surface area (Å²) in [5.74, 6) is 0. The monoisotopic (exact) mass is 876 g/mol. The zero-order valence-electron chi connectivity index (χ0n) is 41.9. The Bertz CT molecular complexity index is 3050. The lowest BCUT2D eigenvalue weighted by Crippen LogP contribution is -2.64. The molecule has 0 N–H and O–H groups in total. The Morgan fingerprint density at radius 3 is 1.83 bits per heavy atom. The highest BCUT2D eigenvalue weighted by atomic mass is 32.1. The van der Waals surface area contributed by atoms with Gasteiger partial charge in [-0.3, -0.25) is 0 Å². The molecule has 2 aliphatic carbocycles. The van der Waals surface area contributed by atoms with Crippen molar-refractivity contribution in [1.82, 2.24) is 0 Å². The van der Waals surface area contributed by atoms with Crippen molar-refractivity contribution in [3.8, 4) is 0 Å². The average Bonchev–Trinajstić information content (AvgIpc) is 3.79. The van der Waals surface area contributed by atoms with Crippen molar-refractivity contribution >= 4 is 83.6 Å². The zero-order valence-corrected chi connectivity index (χ0v) is 42.7. The van der Waals surface area contributed by atoms with Crippen molar-refractivity contribution in [2.45, 2.75) is 181 Å². The molecule has 6 aliphatic rings. The third-order valence-electron chi connectivity index (χ3n) is 18.9. The van der Waals surface area contributed by atoms with Crippen LogP contribution in [-0.2, 0) is 21.7 Å². The first-order chi connectivity index (χ1) is 30.6. The van der Waals surface area contributed by atoms with Crippen LogP contribution in [0.3, 0.4) is 0 Å². The van der Waals surface area contributed by atoms with E-state index in [1.54, 1.807) is 22.3 Å². The second-order valence-electron chi connectivity index (χ2n) is 24.6. The van der Waals surface area contributed by atoms with Crippen LogP contribution in [0.2, 0.25) is 0 Å². The minimum atomic E-state index is -0.0798. The quantitative estimate of drug-likeness (QED) is 0.160. The summed E-state index contributed by atoms with van der Waals surface area (Å²) in [7, 11) is 0. The first kappa shape index (κ1) is 41.9. The second kappa shape index (κ2) is 13.1. The molecule has 2 saturated carbocycles. The summed E-state index contributed by atoms with van der Waals surface area (Å²) in [6.07, 6.45) is 9.92. The van der Waals surface area contributed by atoms with E-state index in [4.69, 9.17) is 0 Å². The predicted molar refractivity (Wildman–Crippen MR) is 283 cm³/mol. The summed E-state index contributed by atoms with van der Waals surface area (Å²) in [6, 6.07) is 29.9. The molecule has 5 heterocycles. The molecule has 4 atom stereocenters. The van der Waals surface area contributed by atoms with Crippen LogP contribution < -0.4 is 30.4 Å². The van der Waals surface area contributed by atoms with E-state index in [1.165, 1.54) is 139 Å². The number of hydrogen-bond donors (Lipinski definition) is 0. The molecule has 0 saturated heterocycles. The number of thiophene rings is 1. The van der Waals surface area contributed by atoms with E-state index in [2.05, 4.69) is 196 Å². The summed E-state index contributed by atoms with van der Waals surface area (Å²) in [4.78, 5) is 8.66. The molecular weight excluding hydrogens is 806 g/mol. The Morgan fingerprint density at radius 1 is 0.538 bits per heavy atom. The van der Waals surface area contributed by atoms with Crippen molar-refractivity contribution in [3.63, 3.8) is 0 Å². The minimum Gasteiger partial charge on any atom is -0.335 e. The first-order valence-electron chi connectivity index (χ1n) is 25.2. The molecule has 4 unspecified atom stereocenters. The van der Waals surface area contributed by atoms with Gasteiger partial charge in [-0.15, -0.1) is 11.3 Å². The molecule has 0 spiro atoms. The van der Waals surface area contributed by atoms with Gasteiger partial charge in [0.15, 0.2) is 0 Å². The van der Waals surface area contributed by atoms with Crippen LogP contribution in [0.4, 0.5) is 39.8 Å². The highest BCUT2D eigenvalue weighted by molar-refractivity contribution is 7.33. The Balaban J connectivity index is 1.24. The predicted octanol–water partition coefficient (Wildman–Crippen LogP) is 14.8. The maximum absolute atomic E-state index is 2.98. The molecule has 334 valence electrons. The standard InChI is InChI=1S/C60H70BN3S/c1-35-29-36(2)49-53-48(35)58(12)26-18-20-28-60(58,14)64(53)46-34-41(63-44-24-23-39(55(5,6)7)32-43(44)57(11)25-17-19-27-59(57,63)13)33-45-50(46)61(49)54-52(42-21-15-16-22-47(42)65-54)62(45)51-37(3)30-40(31-38(51)4)56(8,9)10/h15-16,21-24,29-34H,17-20,25-28H2,1-14H3. The molecule has 65 heavy (non-hydrogen) atoms. The smallest absolute Gasteiger partial charge is 0.264 e. The number of hydrogen-bond acceptors (Lipinski definition) is 4. The van der Waals surface area contributed by atoms with Gasteiger partial charge in [0.1, 0.15) is 0 Å². The molecule has 3 nitrogen and oxygen atoms in total. The number of aryl methyl sites for hydroxylation is 4. The van der Waals surface area contributed by atoms with Gasteiger partial charge in [-0.1, -0.05) is 135 Å². The summed E-state index contributed by atoms with van der Waals surface area (Å²) >= 11 is 2.05. The Hall–Kier alpha value is -4.48. The van der Waals surface area contributed by atoms with Gasteiger partial charge in [0.05, 0.1) is 22.5 Å². The zero-order chi connectivity index (χ0) is 45.7. The summed E-state index contributed by atoms with van der Waals surface area (Å²) in [5.41, 5.74) is 24.6. The van der Waals surface area contributed by atoms with E-state index in [0.717, 1.165) is 0 Å². The van der Waals surface area contributed by atoms with Gasteiger partial charge in [0, 0.05) is 54.1 Å². The van der Waals surface area contributed by atoms with Crippen LogP contribution in [-0.4, -0.2) is 17.8 Å². The third kappa shape index (κ3) is 5.15. The van der Waals surface area contributed by atoms with Crippen molar-refractivity contribution in [2.24, 2.45) is 0 Å². The molecule has 6 aromatic rings. The van der Waals surface area contributed by atoms with Crippen LogP contribution >= 0.6 is 11.3 Å². The lowest BCUT2D eigenvalue weighted by Gasteiger charge is -2.53. The Morgan fingerprint density at radius 2 is 1.15 bits per heavy atom. The number of anilines is 7. The van der Waals surface area contributed by atoms with Crippen LogP contribution in [0.15, 0.2) is 72.8 Å². The fraction of sp³-hybridized carbons (Fsp3) is 0.467. The van der Waals surface area contributed by atoms with Gasteiger partial charge in [-0.2, -0.15) is 0 Å². The molecule has 2 fully saturated rings. The van der Waals surface area contributed by atoms with E-state index in [-0.39, 0.29) is 39.5 Å². The third-order valence-corrected chi connectivity index (χ3v) is 20.1. The van der Waals surface area contributed by atoms with E-state index in [0.29, 0.717) is 0 Å². The Labute approximate surface area is 394 Å². The highest BCUT2D eigenvalue weighted by Gasteiger charge is 2.63. The normalized spacial score (nSPS) is 26.2. The largest absolute Gasteiger partial charge is 0.335 e. The fourth-order valence-corrected chi connectivity index (χ4v) is 16.5. The van der Waals surface area contributed by atoms with Gasteiger partial charge in [0.2, 0.25) is 0 Å². The van der Waals surface area contributed by atoms with E-state index in [1.807, 2.05) is 0 Å².